The van der Waals surface area contributed by atoms with Crippen LogP contribution in [0.3, 0.4) is 0 Å². The lowest BCUT2D eigenvalue weighted by atomic mass is 10.1. The minimum atomic E-state index is -0.441. The zero-order chi connectivity index (χ0) is 15.3. The number of carbonyl (C=O) groups excluding carboxylic acids is 1. The van der Waals surface area contributed by atoms with Crippen LogP contribution in [0.5, 0.6) is 0 Å². The van der Waals surface area contributed by atoms with E-state index in [2.05, 4.69) is 10.5 Å². The van der Waals surface area contributed by atoms with E-state index in [-0.39, 0.29) is 12.2 Å². The first kappa shape index (κ1) is 16.1. The number of hydrogen-bond acceptors (Lipinski definition) is 5. The molecule has 0 aliphatic carbocycles. The molecular weight excluding hydrogens is 270 g/mol. The lowest BCUT2D eigenvalue weighted by Gasteiger charge is -2.30. The van der Waals surface area contributed by atoms with Gasteiger partial charge in [-0.2, -0.15) is 0 Å². The number of oxime groups is 1. The maximum Gasteiger partial charge on any atom is 0.410 e. The molecule has 2 aliphatic heterocycles. The van der Waals surface area contributed by atoms with Crippen LogP contribution in [0.1, 0.15) is 46.5 Å². The van der Waals surface area contributed by atoms with Crippen LogP contribution in [-0.4, -0.2) is 54.6 Å². The average molecular weight is 297 g/mol. The predicted octanol–water partition coefficient (Wildman–Crippen LogP) is 2.14. The van der Waals surface area contributed by atoms with Gasteiger partial charge in [-0.3, -0.25) is 0 Å². The summed E-state index contributed by atoms with van der Waals surface area (Å²) in [5.41, 5.74) is 0.608. The Bertz CT molecular complexity index is 374. The third kappa shape index (κ3) is 5.53. The second-order valence-electron chi connectivity index (χ2n) is 6.68. The number of nitrogens with zero attached hydrogens (tertiary/aromatic N) is 2. The number of amides is 1. The Hall–Kier alpha value is -1.30. The van der Waals surface area contributed by atoms with Crippen molar-refractivity contribution in [2.45, 2.75) is 58.2 Å². The molecule has 1 N–H and O–H groups in total. The molecule has 0 saturated carbocycles. The van der Waals surface area contributed by atoms with Gasteiger partial charge >= 0.3 is 6.09 Å². The predicted molar refractivity (Wildman–Crippen MR) is 81.5 cm³/mol. The zero-order valence-corrected chi connectivity index (χ0v) is 13.4. The molecule has 0 aromatic rings. The number of likely N-dealkylation sites (tertiary alicyclic amines) is 1. The average Bonchev–Trinajstić information content (AvgIpc) is 2.45. The van der Waals surface area contributed by atoms with Gasteiger partial charge in [0.25, 0.3) is 0 Å². The van der Waals surface area contributed by atoms with Crippen molar-refractivity contribution in [1.82, 2.24) is 10.2 Å². The smallest absolute Gasteiger partial charge is 0.410 e. The molecule has 2 rings (SSSR count). The summed E-state index contributed by atoms with van der Waals surface area (Å²) < 4.78 is 5.38. The van der Waals surface area contributed by atoms with Crippen molar-refractivity contribution in [2.24, 2.45) is 5.16 Å². The van der Waals surface area contributed by atoms with E-state index in [0.29, 0.717) is 13.1 Å². The van der Waals surface area contributed by atoms with Gasteiger partial charge in [-0.15, -0.1) is 0 Å². The van der Waals surface area contributed by atoms with E-state index in [1.54, 1.807) is 4.90 Å². The standard InChI is InChI=1S/C15H27N3O3/c1-15(2,3)20-14(19)18-10-6-12(7-11-18)17-21-13-4-8-16-9-5-13/h13,16H,4-11H2,1-3H3. The molecule has 2 fully saturated rings. The third-order valence-electron chi connectivity index (χ3n) is 3.61. The second-order valence-corrected chi connectivity index (χ2v) is 6.68. The van der Waals surface area contributed by atoms with Crippen LogP contribution in [0, 0.1) is 0 Å². The van der Waals surface area contributed by atoms with Crippen LogP contribution in [0.2, 0.25) is 0 Å². The van der Waals surface area contributed by atoms with Gasteiger partial charge < -0.3 is 19.8 Å². The van der Waals surface area contributed by atoms with Crippen molar-refractivity contribution >= 4 is 11.8 Å². The van der Waals surface area contributed by atoms with Crippen molar-refractivity contribution in [3.05, 3.63) is 0 Å². The molecule has 0 spiro atoms. The minimum absolute atomic E-state index is 0.235. The number of piperidine rings is 2. The van der Waals surface area contributed by atoms with Crippen LogP contribution in [0.4, 0.5) is 4.79 Å². The maximum atomic E-state index is 12.0. The van der Waals surface area contributed by atoms with Gasteiger partial charge in [0.2, 0.25) is 0 Å². The Morgan fingerprint density at radius 1 is 1.24 bits per heavy atom. The molecule has 2 heterocycles. The molecule has 0 bridgehead atoms. The zero-order valence-electron chi connectivity index (χ0n) is 13.4. The van der Waals surface area contributed by atoms with Crippen LogP contribution < -0.4 is 5.32 Å². The molecule has 21 heavy (non-hydrogen) atoms. The molecule has 0 atom stereocenters. The van der Waals surface area contributed by atoms with E-state index in [0.717, 1.165) is 44.5 Å². The molecule has 0 radical (unpaired) electrons. The highest BCUT2D eigenvalue weighted by molar-refractivity contribution is 5.86. The Morgan fingerprint density at radius 3 is 2.43 bits per heavy atom. The van der Waals surface area contributed by atoms with Crippen LogP contribution in [-0.2, 0) is 9.57 Å². The van der Waals surface area contributed by atoms with Crippen molar-refractivity contribution < 1.29 is 14.4 Å². The van der Waals surface area contributed by atoms with Crippen LogP contribution in [0.25, 0.3) is 0 Å². The normalized spacial score (nSPS) is 21.1. The number of ether oxygens (including phenoxy) is 1. The second kappa shape index (κ2) is 7.11. The Morgan fingerprint density at radius 2 is 1.86 bits per heavy atom. The summed E-state index contributed by atoms with van der Waals surface area (Å²) in [6.45, 7) is 8.97. The fraction of sp³-hybridized carbons (Fsp3) is 0.867. The van der Waals surface area contributed by atoms with Gasteiger partial charge in [0.05, 0.1) is 5.71 Å². The number of carbonyl (C=O) groups is 1. The fourth-order valence-corrected chi connectivity index (χ4v) is 2.42. The first-order valence-electron chi connectivity index (χ1n) is 7.84. The lowest BCUT2D eigenvalue weighted by molar-refractivity contribution is 0.0228. The summed E-state index contributed by atoms with van der Waals surface area (Å²) >= 11 is 0. The van der Waals surface area contributed by atoms with Crippen LogP contribution in [0.15, 0.2) is 5.16 Å². The van der Waals surface area contributed by atoms with Gasteiger partial charge in [0, 0.05) is 25.9 Å². The molecule has 120 valence electrons. The van der Waals surface area contributed by atoms with Crippen molar-refractivity contribution in [1.29, 1.82) is 0 Å². The first-order valence-corrected chi connectivity index (χ1v) is 7.84. The Balaban J connectivity index is 1.73. The summed E-state index contributed by atoms with van der Waals surface area (Å²) in [6, 6.07) is 0. The molecule has 0 aromatic carbocycles. The minimum Gasteiger partial charge on any atom is -0.444 e. The van der Waals surface area contributed by atoms with E-state index in [4.69, 9.17) is 9.57 Å². The highest BCUT2D eigenvalue weighted by atomic mass is 16.6. The quantitative estimate of drug-likeness (QED) is 0.793. The third-order valence-corrected chi connectivity index (χ3v) is 3.61. The van der Waals surface area contributed by atoms with Crippen LogP contribution >= 0.6 is 0 Å². The Labute approximate surface area is 126 Å². The van der Waals surface area contributed by atoms with Crippen molar-refractivity contribution in [3.63, 3.8) is 0 Å². The van der Waals surface area contributed by atoms with Gasteiger partial charge in [0.1, 0.15) is 11.7 Å². The number of nitrogens with one attached hydrogen (secondary N) is 1. The molecular formula is C15H27N3O3. The molecule has 1 amide bonds. The van der Waals surface area contributed by atoms with E-state index in [1.807, 2.05) is 20.8 Å². The van der Waals surface area contributed by atoms with Gasteiger partial charge in [-0.1, -0.05) is 5.16 Å². The van der Waals surface area contributed by atoms with Crippen molar-refractivity contribution in [2.75, 3.05) is 26.2 Å². The molecule has 6 heteroatoms. The summed E-state index contributed by atoms with van der Waals surface area (Å²) in [4.78, 5) is 19.3. The molecule has 2 aliphatic rings. The fourth-order valence-electron chi connectivity index (χ4n) is 2.42. The number of rotatable bonds is 2. The maximum absolute atomic E-state index is 12.0. The summed E-state index contributed by atoms with van der Waals surface area (Å²) in [5, 5.41) is 7.59. The van der Waals surface area contributed by atoms with E-state index in [1.165, 1.54) is 0 Å². The molecule has 2 saturated heterocycles. The van der Waals surface area contributed by atoms with Gasteiger partial charge in [-0.25, -0.2) is 4.79 Å². The topological polar surface area (TPSA) is 63.2 Å². The van der Waals surface area contributed by atoms with Gasteiger partial charge in [0.15, 0.2) is 0 Å². The van der Waals surface area contributed by atoms with Gasteiger partial charge in [-0.05, 0) is 46.7 Å². The summed E-state index contributed by atoms with van der Waals surface area (Å²) in [5.74, 6) is 0. The molecule has 6 nitrogen and oxygen atoms in total. The highest BCUT2D eigenvalue weighted by Gasteiger charge is 2.25. The SMILES string of the molecule is CC(C)(C)OC(=O)N1CCC(=NOC2CCNCC2)CC1. The van der Waals surface area contributed by atoms with E-state index in [9.17, 15) is 4.79 Å². The highest BCUT2D eigenvalue weighted by Crippen LogP contribution is 2.15. The summed E-state index contributed by atoms with van der Waals surface area (Å²) in [7, 11) is 0. The molecule has 0 aromatic heterocycles. The number of hydrogen-bond donors (Lipinski definition) is 1. The molecule has 0 unspecified atom stereocenters. The monoisotopic (exact) mass is 297 g/mol. The Kier molecular flexibility index (Phi) is 5.45. The van der Waals surface area contributed by atoms with E-state index < -0.39 is 5.60 Å². The first-order chi connectivity index (χ1) is 9.94. The van der Waals surface area contributed by atoms with Crippen molar-refractivity contribution in [3.8, 4) is 0 Å². The largest absolute Gasteiger partial charge is 0.444 e. The lowest BCUT2D eigenvalue weighted by Crippen LogP contribution is -2.42. The summed E-state index contributed by atoms with van der Waals surface area (Å²) in [6.07, 6.45) is 3.57. The van der Waals surface area contributed by atoms with E-state index >= 15 is 0 Å².